The van der Waals surface area contributed by atoms with Crippen LogP contribution in [0.5, 0.6) is 0 Å². The summed E-state index contributed by atoms with van der Waals surface area (Å²) in [6.45, 7) is 6.74. The number of amides is 2. The molecule has 2 aliphatic heterocycles. The first kappa shape index (κ1) is 19.7. The smallest absolute Gasteiger partial charge is 0.259 e. The van der Waals surface area contributed by atoms with Gasteiger partial charge in [-0.05, 0) is 36.6 Å². The molecular weight excluding hydrogens is 386 g/mol. The normalized spacial score (nSPS) is 17.5. The average molecular weight is 410 g/mol. The minimum absolute atomic E-state index is 0.0112. The number of hydrogen-bond donors (Lipinski definition) is 1. The van der Waals surface area contributed by atoms with E-state index in [1.807, 2.05) is 42.5 Å². The van der Waals surface area contributed by atoms with Crippen LogP contribution in [0.3, 0.4) is 0 Å². The molecule has 1 N–H and O–H groups in total. The van der Waals surface area contributed by atoms with E-state index in [4.69, 9.17) is 11.6 Å². The summed E-state index contributed by atoms with van der Waals surface area (Å²) in [5, 5.41) is 3.84. The Hall–Kier alpha value is -2.63. The first-order chi connectivity index (χ1) is 14.0. The van der Waals surface area contributed by atoms with Crippen molar-refractivity contribution in [1.82, 2.24) is 15.1 Å². The quantitative estimate of drug-likeness (QED) is 0.821. The van der Waals surface area contributed by atoms with Gasteiger partial charge in [0.25, 0.3) is 5.91 Å². The van der Waals surface area contributed by atoms with Crippen molar-refractivity contribution in [2.75, 3.05) is 19.6 Å². The number of likely N-dealkylation sites (tertiary alicyclic amines) is 1. The standard InChI is InChI=1S/C23H24ClN3O2/c1-16-20-4-2-3-5-21(20)23(29)27(16)15-22(28)25-19-10-12-26(13-11-19)14-17-6-8-18(24)9-7-17/h2-9,19H,1,10-15H2,(H,25,28). The second-order valence-electron chi connectivity index (χ2n) is 7.63. The van der Waals surface area contributed by atoms with Gasteiger partial charge >= 0.3 is 0 Å². The number of rotatable bonds is 5. The predicted octanol–water partition coefficient (Wildman–Crippen LogP) is 3.55. The highest BCUT2D eigenvalue weighted by Crippen LogP contribution is 2.30. The molecule has 6 heteroatoms. The van der Waals surface area contributed by atoms with E-state index in [9.17, 15) is 9.59 Å². The Bertz CT molecular complexity index is 898. The molecule has 0 aliphatic carbocycles. The van der Waals surface area contributed by atoms with Crippen LogP contribution in [0.25, 0.3) is 5.70 Å². The molecule has 150 valence electrons. The van der Waals surface area contributed by atoms with Crippen molar-refractivity contribution in [3.63, 3.8) is 0 Å². The van der Waals surface area contributed by atoms with E-state index >= 15 is 0 Å². The fraction of sp³-hybridized carbons (Fsp3) is 0.304. The summed E-state index contributed by atoms with van der Waals surface area (Å²) in [4.78, 5) is 28.9. The van der Waals surface area contributed by atoms with E-state index in [0.717, 1.165) is 43.1 Å². The molecule has 2 amide bonds. The van der Waals surface area contributed by atoms with Gasteiger partial charge in [0, 0.05) is 47.5 Å². The summed E-state index contributed by atoms with van der Waals surface area (Å²) in [6.07, 6.45) is 1.79. The topological polar surface area (TPSA) is 52.7 Å². The van der Waals surface area contributed by atoms with Crippen LogP contribution in [0.1, 0.15) is 34.3 Å². The summed E-state index contributed by atoms with van der Waals surface area (Å²) in [5.41, 5.74) is 3.25. The van der Waals surface area contributed by atoms with Gasteiger partial charge in [-0.25, -0.2) is 0 Å². The SMILES string of the molecule is C=C1c2ccccc2C(=O)N1CC(=O)NC1CCN(Cc2ccc(Cl)cc2)CC1. The maximum atomic E-state index is 12.5. The van der Waals surface area contributed by atoms with E-state index < -0.39 is 0 Å². The van der Waals surface area contributed by atoms with Crippen LogP contribution in [0, 0.1) is 0 Å². The van der Waals surface area contributed by atoms with Crippen molar-refractivity contribution >= 4 is 29.1 Å². The Morgan fingerprint density at radius 1 is 1.07 bits per heavy atom. The molecule has 0 spiro atoms. The maximum absolute atomic E-state index is 12.5. The van der Waals surface area contributed by atoms with Crippen LogP contribution in [0.2, 0.25) is 5.02 Å². The molecule has 0 atom stereocenters. The van der Waals surface area contributed by atoms with Crippen LogP contribution in [0.15, 0.2) is 55.1 Å². The first-order valence-corrected chi connectivity index (χ1v) is 10.3. The van der Waals surface area contributed by atoms with Gasteiger partial charge in [0.15, 0.2) is 0 Å². The fourth-order valence-electron chi connectivity index (χ4n) is 4.00. The van der Waals surface area contributed by atoms with Gasteiger partial charge in [0.2, 0.25) is 5.91 Å². The van der Waals surface area contributed by atoms with Gasteiger partial charge in [0.1, 0.15) is 6.54 Å². The molecule has 0 bridgehead atoms. The number of nitrogens with zero attached hydrogens (tertiary/aromatic N) is 2. The molecule has 0 saturated carbocycles. The van der Waals surface area contributed by atoms with Gasteiger partial charge in [0.05, 0.1) is 0 Å². The molecular formula is C23H24ClN3O2. The Balaban J connectivity index is 1.26. The van der Waals surface area contributed by atoms with Gasteiger partial charge in [-0.3, -0.25) is 19.4 Å². The van der Waals surface area contributed by atoms with Gasteiger partial charge in [-0.1, -0.05) is 48.5 Å². The number of halogens is 1. The lowest BCUT2D eigenvalue weighted by molar-refractivity contribution is -0.122. The van der Waals surface area contributed by atoms with E-state index in [1.54, 1.807) is 6.07 Å². The zero-order valence-electron chi connectivity index (χ0n) is 16.2. The fourth-order valence-corrected chi connectivity index (χ4v) is 4.13. The summed E-state index contributed by atoms with van der Waals surface area (Å²) in [6, 6.07) is 15.4. The Labute approximate surface area is 175 Å². The highest BCUT2D eigenvalue weighted by atomic mass is 35.5. The molecule has 2 aliphatic rings. The summed E-state index contributed by atoms with van der Waals surface area (Å²) < 4.78 is 0. The van der Waals surface area contributed by atoms with Crippen molar-refractivity contribution < 1.29 is 9.59 Å². The highest BCUT2D eigenvalue weighted by Gasteiger charge is 2.32. The Morgan fingerprint density at radius 2 is 1.72 bits per heavy atom. The van der Waals surface area contributed by atoms with E-state index in [1.165, 1.54) is 10.5 Å². The Morgan fingerprint density at radius 3 is 2.38 bits per heavy atom. The van der Waals surface area contributed by atoms with Crippen molar-refractivity contribution in [3.05, 3.63) is 76.8 Å². The monoisotopic (exact) mass is 409 g/mol. The second-order valence-corrected chi connectivity index (χ2v) is 8.06. The molecule has 2 aromatic carbocycles. The minimum atomic E-state index is -0.154. The van der Waals surface area contributed by atoms with Crippen LogP contribution in [-0.2, 0) is 11.3 Å². The third kappa shape index (κ3) is 4.36. The van der Waals surface area contributed by atoms with Gasteiger partial charge < -0.3 is 5.32 Å². The van der Waals surface area contributed by atoms with Crippen LogP contribution < -0.4 is 5.32 Å². The lowest BCUT2D eigenvalue weighted by atomic mass is 10.0. The molecule has 0 aromatic heterocycles. The maximum Gasteiger partial charge on any atom is 0.259 e. The van der Waals surface area contributed by atoms with E-state index in [0.29, 0.717) is 11.3 Å². The molecule has 2 aromatic rings. The minimum Gasteiger partial charge on any atom is -0.352 e. The van der Waals surface area contributed by atoms with E-state index in [2.05, 4.69) is 16.8 Å². The number of benzene rings is 2. The first-order valence-electron chi connectivity index (χ1n) is 9.87. The zero-order chi connectivity index (χ0) is 20.4. The third-order valence-corrected chi connectivity index (χ3v) is 5.87. The van der Waals surface area contributed by atoms with Crippen LogP contribution in [-0.4, -0.2) is 47.3 Å². The second kappa shape index (κ2) is 8.39. The van der Waals surface area contributed by atoms with Crippen molar-refractivity contribution in [1.29, 1.82) is 0 Å². The van der Waals surface area contributed by atoms with E-state index in [-0.39, 0.29) is 24.4 Å². The van der Waals surface area contributed by atoms with Crippen molar-refractivity contribution in [3.8, 4) is 0 Å². The number of piperidine rings is 1. The molecule has 1 saturated heterocycles. The Kier molecular flexibility index (Phi) is 5.69. The number of fused-ring (bicyclic) bond motifs is 1. The number of carbonyl (C=O) groups excluding carboxylic acids is 2. The summed E-state index contributed by atoms with van der Waals surface area (Å²) >= 11 is 5.94. The number of nitrogens with one attached hydrogen (secondary N) is 1. The lowest BCUT2D eigenvalue weighted by Crippen LogP contribution is -2.47. The largest absolute Gasteiger partial charge is 0.352 e. The summed E-state index contributed by atoms with van der Waals surface area (Å²) in [7, 11) is 0. The molecule has 1 fully saturated rings. The summed E-state index contributed by atoms with van der Waals surface area (Å²) in [5.74, 6) is -0.290. The van der Waals surface area contributed by atoms with Crippen molar-refractivity contribution in [2.24, 2.45) is 0 Å². The number of carbonyl (C=O) groups is 2. The zero-order valence-corrected chi connectivity index (χ0v) is 17.0. The van der Waals surface area contributed by atoms with Crippen LogP contribution >= 0.6 is 11.6 Å². The van der Waals surface area contributed by atoms with Gasteiger partial charge in [-0.2, -0.15) is 0 Å². The van der Waals surface area contributed by atoms with Crippen LogP contribution in [0.4, 0.5) is 0 Å². The molecule has 0 radical (unpaired) electrons. The predicted molar refractivity (Wildman–Crippen MR) is 114 cm³/mol. The van der Waals surface area contributed by atoms with Crippen molar-refractivity contribution in [2.45, 2.75) is 25.4 Å². The van der Waals surface area contributed by atoms with Gasteiger partial charge in [-0.15, -0.1) is 0 Å². The molecule has 29 heavy (non-hydrogen) atoms. The number of hydrogen-bond acceptors (Lipinski definition) is 3. The molecule has 2 heterocycles. The molecule has 0 unspecified atom stereocenters. The highest BCUT2D eigenvalue weighted by molar-refractivity contribution is 6.30. The molecule has 5 nitrogen and oxygen atoms in total. The molecule has 4 rings (SSSR count). The average Bonchev–Trinajstić information content (AvgIpc) is 2.96. The third-order valence-electron chi connectivity index (χ3n) is 5.61. The lowest BCUT2D eigenvalue weighted by Gasteiger charge is -2.32.